The number of nitrogens with one attached hydrogen (secondary N) is 1. The van der Waals surface area contributed by atoms with E-state index in [4.69, 9.17) is 4.52 Å². The van der Waals surface area contributed by atoms with Crippen molar-refractivity contribution in [2.24, 2.45) is 0 Å². The number of urea groups is 1. The van der Waals surface area contributed by atoms with Gasteiger partial charge < -0.3 is 14.7 Å². The topological polar surface area (TPSA) is 58.4 Å². The van der Waals surface area contributed by atoms with Crippen molar-refractivity contribution in [1.82, 2.24) is 15.4 Å². The van der Waals surface area contributed by atoms with Crippen LogP contribution in [0.2, 0.25) is 0 Å². The van der Waals surface area contributed by atoms with Gasteiger partial charge in [0.2, 0.25) is 0 Å². The molecule has 0 bridgehead atoms. The highest BCUT2D eigenvalue weighted by Crippen LogP contribution is 2.15. The Hall–Kier alpha value is -2.02. The number of aromatic nitrogens is 1. The summed E-state index contributed by atoms with van der Waals surface area (Å²) in [5.74, 6) is 1.86. The van der Waals surface area contributed by atoms with Crippen molar-refractivity contribution < 1.29 is 13.7 Å². The highest BCUT2D eigenvalue weighted by Gasteiger charge is 2.14. The molecule has 0 aliphatic heterocycles. The Bertz CT molecular complexity index is 671. The Morgan fingerprint density at radius 1 is 1.38 bits per heavy atom. The first-order valence-corrected chi connectivity index (χ1v) is 8.86. The summed E-state index contributed by atoms with van der Waals surface area (Å²) in [7, 11) is 1.73. The van der Waals surface area contributed by atoms with Crippen LogP contribution in [0.25, 0.3) is 0 Å². The van der Waals surface area contributed by atoms with Crippen molar-refractivity contribution in [3.8, 4) is 0 Å². The van der Waals surface area contributed by atoms with Gasteiger partial charge in [0, 0.05) is 30.7 Å². The number of rotatable bonds is 7. The maximum atomic E-state index is 13.5. The summed E-state index contributed by atoms with van der Waals surface area (Å²) >= 11 is 1.59. The van der Waals surface area contributed by atoms with Crippen LogP contribution in [0.15, 0.2) is 28.8 Å². The van der Waals surface area contributed by atoms with Crippen LogP contribution in [-0.4, -0.2) is 35.4 Å². The fourth-order valence-corrected chi connectivity index (χ4v) is 3.04. The zero-order chi connectivity index (χ0) is 17.5. The second-order valence-corrected chi connectivity index (χ2v) is 6.64. The maximum absolute atomic E-state index is 13.5. The van der Waals surface area contributed by atoms with E-state index in [0.717, 1.165) is 22.8 Å². The van der Waals surface area contributed by atoms with E-state index in [2.05, 4.69) is 10.5 Å². The molecule has 2 amide bonds. The molecule has 0 atom stereocenters. The summed E-state index contributed by atoms with van der Waals surface area (Å²) in [5, 5.41) is 6.74. The molecule has 1 aromatic heterocycles. The minimum Gasteiger partial charge on any atom is -0.361 e. The number of hydrogen-bond donors (Lipinski definition) is 1. The van der Waals surface area contributed by atoms with Crippen molar-refractivity contribution in [3.05, 3.63) is 52.7 Å². The summed E-state index contributed by atoms with van der Waals surface area (Å²) in [4.78, 5) is 13.7. The normalized spacial score (nSPS) is 10.7. The molecule has 2 rings (SSSR count). The number of thioether (sulfide) groups is 1. The minimum absolute atomic E-state index is 0.151. The number of carbonyl (C=O) groups is 1. The van der Waals surface area contributed by atoms with Crippen LogP contribution < -0.4 is 5.32 Å². The van der Waals surface area contributed by atoms with E-state index in [9.17, 15) is 9.18 Å². The molecule has 0 aliphatic rings. The van der Waals surface area contributed by atoms with E-state index in [0.29, 0.717) is 24.4 Å². The third-order valence-electron chi connectivity index (χ3n) is 3.66. The van der Waals surface area contributed by atoms with Gasteiger partial charge in [0.1, 0.15) is 11.6 Å². The van der Waals surface area contributed by atoms with Crippen molar-refractivity contribution in [3.63, 3.8) is 0 Å². The van der Waals surface area contributed by atoms with Gasteiger partial charge in [0.25, 0.3) is 0 Å². The van der Waals surface area contributed by atoms with Gasteiger partial charge in [-0.1, -0.05) is 23.4 Å². The van der Waals surface area contributed by atoms with Crippen LogP contribution in [0, 0.1) is 19.7 Å². The molecule has 2 aromatic rings. The maximum Gasteiger partial charge on any atom is 0.317 e. The Kier molecular flexibility index (Phi) is 6.66. The molecule has 0 radical (unpaired) electrons. The van der Waals surface area contributed by atoms with E-state index >= 15 is 0 Å². The molecule has 24 heavy (non-hydrogen) atoms. The zero-order valence-electron chi connectivity index (χ0n) is 14.1. The number of aryl methyl sites for hydroxylation is 2. The van der Waals surface area contributed by atoms with Crippen LogP contribution in [0.1, 0.15) is 22.6 Å². The van der Waals surface area contributed by atoms with E-state index in [1.807, 2.05) is 19.9 Å². The van der Waals surface area contributed by atoms with Gasteiger partial charge in [0.05, 0.1) is 12.2 Å². The fraction of sp³-hybridized carbons (Fsp3) is 0.412. The molecule has 0 aliphatic carbocycles. The molecule has 130 valence electrons. The van der Waals surface area contributed by atoms with Crippen LogP contribution in [0.4, 0.5) is 9.18 Å². The lowest BCUT2D eigenvalue weighted by atomic mass is 10.2. The van der Waals surface area contributed by atoms with E-state index in [1.165, 1.54) is 6.07 Å². The minimum atomic E-state index is -0.187. The smallest absolute Gasteiger partial charge is 0.317 e. The number of hydrogen-bond acceptors (Lipinski definition) is 4. The van der Waals surface area contributed by atoms with Gasteiger partial charge in [0.15, 0.2) is 0 Å². The highest BCUT2D eigenvalue weighted by atomic mass is 32.2. The predicted molar refractivity (Wildman–Crippen MR) is 93.4 cm³/mol. The average Bonchev–Trinajstić information content (AvgIpc) is 2.87. The molecule has 0 unspecified atom stereocenters. The lowest BCUT2D eigenvalue weighted by Crippen LogP contribution is -2.38. The molecule has 5 nitrogen and oxygen atoms in total. The lowest BCUT2D eigenvalue weighted by Gasteiger charge is -2.17. The van der Waals surface area contributed by atoms with E-state index in [1.54, 1.807) is 35.8 Å². The number of halogens is 1. The zero-order valence-corrected chi connectivity index (χ0v) is 15.0. The van der Waals surface area contributed by atoms with Crippen LogP contribution in [-0.2, 0) is 12.3 Å². The van der Waals surface area contributed by atoms with Gasteiger partial charge in [-0.3, -0.25) is 0 Å². The first-order chi connectivity index (χ1) is 11.5. The molecule has 1 aromatic carbocycles. The highest BCUT2D eigenvalue weighted by molar-refractivity contribution is 7.98. The molecule has 0 fully saturated rings. The standard InChI is InChI=1S/C17H22FN3O2S/c1-12-15(13(2)23-20-12)10-21(3)17(22)19-8-9-24-11-14-6-4-5-7-16(14)18/h4-7H,8-11H2,1-3H3,(H,19,22). The molecule has 1 N–H and O–H groups in total. The summed E-state index contributed by atoms with van der Waals surface area (Å²) in [6.45, 7) is 4.68. The number of benzene rings is 1. The molecular weight excluding hydrogens is 329 g/mol. The largest absolute Gasteiger partial charge is 0.361 e. The van der Waals surface area contributed by atoms with E-state index < -0.39 is 0 Å². The first kappa shape index (κ1) is 18.3. The van der Waals surface area contributed by atoms with Crippen molar-refractivity contribution >= 4 is 17.8 Å². The van der Waals surface area contributed by atoms with E-state index in [-0.39, 0.29) is 11.8 Å². The Morgan fingerprint density at radius 3 is 2.79 bits per heavy atom. The fourth-order valence-electron chi connectivity index (χ4n) is 2.20. The second kappa shape index (κ2) is 8.73. The molecular formula is C17H22FN3O2S. The number of carbonyl (C=O) groups excluding carboxylic acids is 1. The summed E-state index contributed by atoms with van der Waals surface area (Å²) < 4.78 is 18.6. The third kappa shape index (κ3) is 4.99. The van der Waals surface area contributed by atoms with Crippen LogP contribution in [0.5, 0.6) is 0 Å². The van der Waals surface area contributed by atoms with Gasteiger partial charge in [-0.15, -0.1) is 0 Å². The Morgan fingerprint density at radius 2 is 2.12 bits per heavy atom. The van der Waals surface area contributed by atoms with Gasteiger partial charge >= 0.3 is 6.03 Å². The SMILES string of the molecule is Cc1noc(C)c1CN(C)C(=O)NCCSCc1ccccc1F. The van der Waals surface area contributed by atoms with Crippen molar-refractivity contribution in [1.29, 1.82) is 0 Å². The second-order valence-electron chi connectivity index (χ2n) is 5.53. The lowest BCUT2D eigenvalue weighted by molar-refractivity contribution is 0.207. The predicted octanol–water partition coefficient (Wildman–Crippen LogP) is 3.51. The summed E-state index contributed by atoms with van der Waals surface area (Å²) in [5.41, 5.74) is 2.42. The molecule has 0 saturated heterocycles. The van der Waals surface area contributed by atoms with Gasteiger partial charge in [-0.25, -0.2) is 9.18 Å². The monoisotopic (exact) mass is 351 g/mol. The van der Waals surface area contributed by atoms with Crippen LogP contribution >= 0.6 is 11.8 Å². The molecule has 7 heteroatoms. The van der Waals surface area contributed by atoms with Crippen molar-refractivity contribution in [2.75, 3.05) is 19.3 Å². The first-order valence-electron chi connectivity index (χ1n) is 7.71. The summed E-state index contributed by atoms with van der Waals surface area (Å²) in [6.07, 6.45) is 0. The molecule has 0 spiro atoms. The summed E-state index contributed by atoms with van der Waals surface area (Å²) in [6, 6.07) is 6.59. The molecule has 0 saturated carbocycles. The average molecular weight is 351 g/mol. The van der Waals surface area contributed by atoms with Crippen LogP contribution in [0.3, 0.4) is 0 Å². The number of amides is 2. The van der Waals surface area contributed by atoms with Gasteiger partial charge in [-0.2, -0.15) is 11.8 Å². The third-order valence-corrected chi connectivity index (χ3v) is 4.67. The Balaban J connectivity index is 1.68. The van der Waals surface area contributed by atoms with Crippen molar-refractivity contribution in [2.45, 2.75) is 26.1 Å². The molecule has 1 heterocycles. The Labute approximate surface area is 145 Å². The number of nitrogens with zero attached hydrogens (tertiary/aromatic N) is 2. The quantitative estimate of drug-likeness (QED) is 0.776. The van der Waals surface area contributed by atoms with Gasteiger partial charge in [-0.05, 0) is 25.5 Å².